The normalized spacial score (nSPS) is 16.6. The Morgan fingerprint density at radius 2 is 2.00 bits per heavy atom. The molecule has 2 heterocycles. The minimum Gasteiger partial charge on any atom is -0.361 e. The molecular formula is C21H35IN6. The summed E-state index contributed by atoms with van der Waals surface area (Å²) in [7, 11) is 2.21. The van der Waals surface area contributed by atoms with Gasteiger partial charge in [0.2, 0.25) is 0 Å². The van der Waals surface area contributed by atoms with Gasteiger partial charge in [-0.15, -0.1) is 24.0 Å². The number of hydrogen-bond acceptors (Lipinski definition) is 3. The third-order valence-corrected chi connectivity index (χ3v) is 5.20. The number of hydrogen-bond donors (Lipinski definition) is 3. The lowest BCUT2D eigenvalue weighted by Gasteiger charge is -2.19. The third-order valence-electron chi connectivity index (χ3n) is 5.20. The first kappa shape index (κ1) is 23.0. The largest absolute Gasteiger partial charge is 0.361 e. The summed E-state index contributed by atoms with van der Waals surface area (Å²) in [6.45, 7) is 10.4. The van der Waals surface area contributed by atoms with E-state index in [9.17, 15) is 0 Å². The lowest BCUT2D eigenvalue weighted by Crippen LogP contribution is -2.39. The summed E-state index contributed by atoms with van der Waals surface area (Å²) in [5.74, 6) is 0.921. The molecule has 0 atom stereocenters. The minimum atomic E-state index is 0. The highest BCUT2D eigenvalue weighted by atomic mass is 127. The van der Waals surface area contributed by atoms with Crippen LogP contribution in [0.1, 0.15) is 18.9 Å². The fraction of sp³-hybridized carbons (Fsp3) is 0.571. The summed E-state index contributed by atoms with van der Waals surface area (Å²) < 4.78 is 0. The number of nitrogens with zero attached hydrogens (tertiary/aromatic N) is 3. The molecule has 0 spiro atoms. The standard InChI is InChI=1S/C21H34N6.HI/c1-3-22-21(24-11-14-27-13-6-12-26(2)15-16-27)23-10-9-18-17-25-20-8-5-4-7-19(18)20;/h4-5,7-8,17,25H,3,6,9-16H2,1-2H3,(H2,22,23,24);1H. The lowest BCUT2D eigenvalue weighted by atomic mass is 10.1. The average Bonchev–Trinajstić information content (AvgIpc) is 2.97. The number of benzene rings is 1. The van der Waals surface area contributed by atoms with Crippen LogP contribution in [0.4, 0.5) is 0 Å². The number of rotatable bonds is 7. The zero-order chi connectivity index (χ0) is 18.9. The summed E-state index contributed by atoms with van der Waals surface area (Å²) in [5.41, 5.74) is 2.55. The molecule has 0 aliphatic carbocycles. The van der Waals surface area contributed by atoms with Crippen LogP contribution in [-0.2, 0) is 6.42 Å². The first-order chi connectivity index (χ1) is 13.3. The summed E-state index contributed by atoms with van der Waals surface area (Å²) in [6, 6.07) is 8.47. The van der Waals surface area contributed by atoms with E-state index in [1.807, 2.05) is 0 Å². The van der Waals surface area contributed by atoms with Crippen LogP contribution >= 0.6 is 24.0 Å². The van der Waals surface area contributed by atoms with Crippen LogP contribution in [-0.4, -0.2) is 80.1 Å². The lowest BCUT2D eigenvalue weighted by molar-refractivity contribution is 0.283. The Kier molecular flexibility index (Phi) is 10.1. The summed E-state index contributed by atoms with van der Waals surface area (Å²) in [6.07, 6.45) is 4.35. The predicted molar refractivity (Wildman–Crippen MR) is 130 cm³/mol. The van der Waals surface area contributed by atoms with Crippen molar-refractivity contribution < 1.29 is 0 Å². The van der Waals surface area contributed by atoms with Gasteiger partial charge in [-0.25, -0.2) is 0 Å². The Hall–Kier alpha value is -1.32. The molecule has 6 nitrogen and oxygen atoms in total. The van der Waals surface area contributed by atoms with Crippen LogP contribution in [0.25, 0.3) is 10.9 Å². The van der Waals surface area contributed by atoms with E-state index in [4.69, 9.17) is 4.99 Å². The van der Waals surface area contributed by atoms with Crippen LogP contribution < -0.4 is 10.6 Å². The van der Waals surface area contributed by atoms with E-state index in [-0.39, 0.29) is 24.0 Å². The smallest absolute Gasteiger partial charge is 0.191 e. The van der Waals surface area contributed by atoms with Gasteiger partial charge in [0.05, 0.1) is 6.54 Å². The average molecular weight is 498 g/mol. The first-order valence-corrected chi connectivity index (χ1v) is 10.2. The highest BCUT2D eigenvalue weighted by Gasteiger charge is 2.11. The molecule has 0 radical (unpaired) electrons. The summed E-state index contributed by atoms with van der Waals surface area (Å²) in [5, 5.41) is 8.15. The first-order valence-electron chi connectivity index (χ1n) is 10.2. The summed E-state index contributed by atoms with van der Waals surface area (Å²) >= 11 is 0. The Labute approximate surface area is 186 Å². The molecule has 7 heteroatoms. The van der Waals surface area contributed by atoms with Crippen molar-refractivity contribution >= 4 is 40.8 Å². The molecule has 0 bridgehead atoms. The number of aromatic amines is 1. The van der Waals surface area contributed by atoms with Crippen molar-refractivity contribution in [3.8, 4) is 0 Å². The van der Waals surface area contributed by atoms with Crippen molar-refractivity contribution in [1.29, 1.82) is 0 Å². The number of aromatic nitrogens is 1. The molecule has 156 valence electrons. The second kappa shape index (κ2) is 12.3. The molecule has 0 saturated carbocycles. The Morgan fingerprint density at radius 3 is 2.86 bits per heavy atom. The molecule has 3 N–H and O–H groups in total. The number of H-pyrrole nitrogens is 1. The van der Waals surface area contributed by atoms with Gasteiger partial charge in [0, 0.05) is 49.8 Å². The topological polar surface area (TPSA) is 58.7 Å². The molecule has 1 aromatic carbocycles. The molecule has 1 aliphatic heterocycles. The molecule has 28 heavy (non-hydrogen) atoms. The molecule has 1 fully saturated rings. The van der Waals surface area contributed by atoms with Gasteiger partial charge in [-0.05, 0) is 51.5 Å². The Balaban J connectivity index is 0.00000280. The van der Waals surface area contributed by atoms with E-state index in [2.05, 4.69) is 69.9 Å². The van der Waals surface area contributed by atoms with Crippen LogP contribution in [0.3, 0.4) is 0 Å². The maximum atomic E-state index is 4.77. The van der Waals surface area contributed by atoms with E-state index in [0.717, 1.165) is 51.6 Å². The van der Waals surface area contributed by atoms with E-state index in [0.29, 0.717) is 0 Å². The van der Waals surface area contributed by atoms with Crippen LogP contribution in [0.5, 0.6) is 0 Å². The fourth-order valence-electron chi connectivity index (χ4n) is 3.62. The monoisotopic (exact) mass is 498 g/mol. The van der Waals surface area contributed by atoms with Gasteiger partial charge in [0.1, 0.15) is 0 Å². The van der Waals surface area contributed by atoms with Crippen molar-refractivity contribution in [2.75, 3.05) is 59.4 Å². The second-order valence-corrected chi connectivity index (χ2v) is 7.30. The van der Waals surface area contributed by atoms with Crippen molar-refractivity contribution in [1.82, 2.24) is 25.4 Å². The number of likely N-dealkylation sites (N-methyl/N-ethyl adjacent to an activating group) is 1. The van der Waals surface area contributed by atoms with E-state index in [1.54, 1.807) is 0 Å². The van der Waals surface area contributed by atoms with Gasteiger partial charge >= 0.3 is 0 Å². The van der Waals surface area contributed by atoms with Crippen molar-refractivity contribution in [3.05, 3.63) is 36.0 Å². The molecule has 1 aromatic heterocycles. The summed E-state index contributed by atoms with van der Waals surface area (Å²) in [4.78, 5) is 13.1. The number of para-hydroxylation sites is 1. The zero-order valence-electron chi connectivity index (χ0n) is 17.2. The number of aliphatic imine (C=N–C) groups is 1. The van der Waals surface area contributed by atoms with Crippen molar-refractivity contribution in [2.24, 2.45) is 4.99 Å². The van der Waals surface area contributed by atoms with Gasteiger partial charge in [0.25, 0.3) is 0 Å². The van der Waals surface area contributed by atoms with Crippen LogP contribution in [0, 0.1) is 0 Å². The molecule has 2 aromatic rings. The quantitative estimate of drug-likeness (QED) is 0.312. The fourth-order valence-corrected chi connectivity index (χ4v) is 3.62. The number of guanidine groups is 1. The molecule has 0 amide bonds. The highest BCUT2D eigenvalue weighted by Crippen LogP contribution is 2.17. The molecule has 1 saturated heterocycles. The van der Waals surface area contributed by atoms with Gasteiger partial charge in [-0.1, -0.05) is 18.2 Å². The second-order valence-electron chi connectivity index (χ2n) is 7.30. The molecular weight excluding hydrogens is 463 g/mol. The third kappa shape index (κ3) is 6.93. The maximum Gasteiger partial charge on any atom is 0.191 e. The van der Waals surface area contributed by atoms with E-state index < -0.39 is 0 Å². The highest BCUT2D eigenvalue weighted by molar-refractivity contribution is 14.0. The zero-order valence-corrected chi connectivity index (χ0v) is 19.5. The van der Waals surface area contributed by atoms with Gasteiger partial charge < -0.3 is 25.4 Å². The Bertz CT molecular complexity index is 729. The molecule has 1 aliphatic rings. The molecule has 3 rings (SSSR count). The Morgan fingerprint density at radius 1 is 1.14 bits per heavy atom. The van der Waals surface area contributed by atoms with Gasteiger partial charge in [-0.2, -0.15) is 0 Å². The van der Waals surface area contributed by atoms with Gasteiger partial charge in [-0.3, -0.25) is 4.99 Å². The number of fused-ring (bicyclic) bond motifs is 1. The predicted octanol–water partition coefficient (Wildman–Crippen LogP) is 2.52. The van der Waals surface area contributed by atoms with Crippen molar-refractivity contribution in [3.63, 3.8) is 0 Å². The number of halogens is 1. The van der Waals surface area contributed by atoms with Gasteiger partial charge in [0.15, 0.2) is 5.96 Å². The minimum absolute atomic E-state index is 0. The van der Waals surface area contributed by atoms with Crippen LogP contribution in [0.15, 0.2) is 35.5 Å². The van der Waals surface area contributed by atoms with Crippen LogP contribution in [0.2, 0.25) is 0 Å². The maximum absolute atomic E-state index is 4.77. The van der Waals surface area contributed by atoms with E-state index >= 15 is 0 Å². The number of nitrogens with one attached hydrogen (secondary N) is 3. The van der Waals surface area contributed by atoms with E-state index in [1.165, 1.54) is 36.0 Å². The van der Waals surface area contributed by atoms with Crippen molar-refractivity contribution in [2.45, 2.75) is 19.8 Å². The SMILES string of the molecule is CCNC(=NCCN1CCCN(C)CC1)NCCc1c[nH]c2ccccc12.I. The molecule has 0 unspecified atom stereocenters.